The molecule has 0 amide bonds. The fraction of sp³-hybridized carbons (Fsp3) is 0.111. The largest absolute Gasteiger partial charge is 0.276 e. The van der Waals surface area contributed by atoms with Crippen LogP contribution < -0.4 is 0 Å². The average Bonchev–Trinajstić information content (AvgIpc) is 2.46. The molecule has 0 radical (unpaired) electrons. The highest BCUT2D eigenvalue weighted by Gasteiger charge is 2.13. The Kier molecular flexibility index (Phi) is 3.48. The van der Waals surface area contributed by atoms with Crippen molar-refractivity contribution in [2.75, 3.05) is 0 Å². The van der Waals surface area contributed by atoms with E-state index in [0.717, 1.165) is 33.3 Å². The van der Waals surface area contributed by atoms with Crippen LogP contribution in [0.1, 0.15) is 21.5 Å². The van der Waals surface area contributed by atoms with Crippen LogP contribution in [0.2, 0.25) is 0 Å². The van der Waals surface area contributed by atoms with Crippen LogP contribution in [0.4, 0.5) is 0 Å². The summed E-state index contributed by atoms with van der Waals surface area (Å²) in [7, 11) is 0. The average molecular weight is 296 g/mol. The van der Waals surface area contributed by atoms with Gasteiger partial charge in [0, 0.05) is 16.5 Å². The molecule has 1 aromatic heterocycles. The minimum atomic E-state index is -0.456. The Balaban J connectivity index is 2.34. The normalized spacial score (nSPS) is 10.8. The lowest BCUT2D eigenvalue weighted by atomic mass is 10.0. The number of nitrogens with zero attached hydrogens (tertiary/aromatic N) is 1. The van der Waals surface area contributed by atoms with Crippen molar-refractivity contribution in [3.05, 3.63) is 65.2 Å². The van der Waals surface area contributed by atoms with Crippen LogP contribution in [0, 0.1) is 13.8 Å². The molecule has 0 saturated carbocycles. The molecule has 0 aliphatic heterocycles. The number of benzene rings is 2. The monoisotopic (exact) mass is 295 g/mol. The number of rotatable bonds is 2. The smallest absolute Gasteiger partial charge is 0.253 e. The highest BCUT2D eigenvalue weighted by Crippen LogP contribution is 2.28. The minimum absolute atomic E-state index is 0.456. The van der Waals surface area contributed by atoms with Crippen molar-refractivity contribution in [1.29, 1.82) is 0 Å². The van der Waals surface area contributed by atoms with Gasteiger partial charge in [-0.3, -0.25) is 4.79 Å². The Morgan fingerprint density at radius 2 is 1.81 bits per heavy atom. The molecular weight excluding hydrogens is 282 g/mol. The first-order chi connectivity index (χ1) is 10.1. The third-order valence-corrected chi connectivity index (χ3v) is 3.80. The summed E-state index contributed by atoms with van der Waals surface area (Å²) in [6, 6.07) is 15.6. The fourth-order valence-corrected chi connectivity index (χ4v) is 2.66. The molecule has 0 atom stereocenters. The number of carbonyl (C=O) groups excluding carboxylic acids is 1. The molecule has 3 aromatic rings. The second-order valence-electron chi connectivity index (χ2n) is 5.16. The summed E-state index contributed by atoms with van der Waals surface area (Å²) in [5, 5.41) is 0.343. The number of pyridine rings is 1. The molecule has 0 bridgehead atoms. The molecule has 0 fully saturated rings. The van der Waals surface area contributed by atoms with E-state index in [0.29, 0.717) is 5.56 Å². The van der Waals surface area contributed by atoms with Crippen molar-refractivity contribution in [3.8, 4) is 11.3 Å². The summed E-state index contributed by atoms with van der Waals surface area (Å²) in [4.78, 5) is 16.5. The van der Waals surface area contributed by atoms with Gasteiger partial charge in [0.05, 0.1) is 11.2 Å². The number of aryl methyl sites for hydroxylation is 2. The van der Waals surface area contributed by atoms with Gasteiger partial charge in [0.15, 0.2) is 0 Å². The Morgan fingerprint density at radius 3 is 2.52 bits per heavy atom. The second-order valence-corrected chi connectivity index (χ2v) is 5.51. The number of aromatic nitrogens is 1. The molecular formula is C18H14ClNO. The number of hydrogen-bond donors (Lipinski definition) is 0. The topological polar surface area (TPSA) is 30.0 Å². The van der Waals surface area contributed by atoms with E-state index in [4.69, 9.17) is 11.6 Å². The number of hydrogen-bond acceptors (Lipinski definition) is 2. The van der Waals surface area contributed by atoms with Gasteiger partial charge in [0.1, 0.15) is 0 Å². The Morgan fingerprint density at radius 1 is 1.05 bits per heavy atom. The summed E-state index contributed by atoms with van der Waals surface area (Å²) in [5.74, 6) is 0. The first-order valence-electron chi connectivity index (χ1n) is 6.73. The SMILES string of the molecule is Cc1ccc2nc(-c3ccccc3C)cc(C(=O)Cl)c2c1. The maximum absolute atomic E-state index is 11.8. The van der Waals surface area contributed by atoms with Crippen molar-refractivity contribution >= 4 is 27.7 Å². The van der Waals surface area contributed by atoms with Crippen LogP contribution in [-0.2, 0) is 0 Å². The molecule has 0 aliphatic rings. The zero-order chi connectivity index (χ0) is 15.0. The standard InChI is InChI=1S/C18H14ClNO/c1-11-7-8-16-14(9-11)15(18(19)21)10-17(20-16)13-6-4-3-5-12(13)2/h3-10H,1-2H3. The van der Waals surface area contributed by atoms with Gasteiger partial charge in [-0.05, 0) is 49.2 Å². The van der Waals surface area contributed by atoms with Crippen LogP contribution in [0.3, 0.4) is 0 Å². The second kappa shape index (κ2) is 5.30. The van der Waals surface area contributed by atoms with E-state index in [-0.39, 0.29) is 0 Å². The van der Waals surface area contributed by atoms with Crippen molar-refractivity contribution in [2.45, 2.75) is 13.8 Å². The molecule has 0 N–H and O–H groups in total. The molecule has 3 rings (SSSR count). The van der Waals surface area contributed by atoms with Gasteiger partial charge in [0.2, 0.25) is 0 Å². The predicted molar refractivity (Wildman–Crippen MR) is 86.8 cm³/mol. The summed E-state index contributed by atoms with van der Waals surface area (Å²) < 4.78 is 0. The van der Waals surface area contributed by atoms with Crippen LogP contribution in [0.15, 0.2) is 48.5 Å². The minimum Gasteiger partial charge on any atom is -0.276 e. The van der Waals surface area contributed by atoms with Crippen molar-refractivity contribution < 1.29 is 4.79 Å². The van der Waals surface area contributed by atoms with E-state index in [1.807, 2.05) is 56.3 Å². The summed E-state index contributed by atoms with van der Waals surface area (Å²) in [6.45, 7) is 4.01. The molecule has 0 saturated heterocycles. The quantitative estimate of drug-likeness (QED) is 0.630. The van der Waals surface area contributed by atoms with Crippen molar-refractivity contribution in [2.24, 2.45) is 0 Å². The van der Waals surface area contributed by atoms with E-state index >= 15 is 0 Å². The molecule has 104 valence electrons. The van der Waals surface area contributed by atoms with Gasteiger partial charge in [-0.15, -0.1) is 0 Å². The van der Waals surface area contributed by atoms with E-state index in [9.17, 15) is 4.79 Å². The zero-order valence-electron chi connectivity index (χ0n) is 11.9. The van der Waals surface area contributed by atoms with E-state index in [2.05, 4.69) is 4.98 Å². The lowest BCUT2D eigenvalue weighted by molar-refractivity contribution is 0.108. The van der Waals surface area contributed by atoms with Crippen molar-refractivity contribution in [3.63, 3.8) is 0 Å². The van der Waals surface area contributed by atoms with Gasteiger partial charge in [0.25, 0.3) is 5.24 Å². The van der Waals surface area contributed by atoms with Crippen LogP contribution >= 0.6 is 11.6 Å². The van der Waals surface area contributed by atoms with Gasteiger partial charge in [-0.1, -0.05) is 35.9 Å². The molecule has 1 heterocycles. The van der Waals surface area contributed by atoms with Crippen LogP contribution in [-0.4, -0.2) is 10.2 Å². The summed E-state index contributed by atoms with van der Waals surface area (Å²) >= 11 is 5.77. The van der Waals surface area contributed by atoms with E-state index in [1.165, 1.54) is 0 Å². The Hall–Kier alpha value is -2.19. The Bertz CT molecular complexity index is 855. The molecule has 2 aromatic carbocycles. The predicted octanol–water partition coefficient (Wildman–Crippen LogP) is 4.90. The molecule has 2 nitrogen and oxygen atoms in total. The lowest BCUT2D eigenvalue weighted by Gasteiger charge is -2.09. The third-order valence-electron chi connectivity index (χ3n) is 3.60. The van der Waals surface area contributed by atoms with Crippen LogP contribution in [0.25, 0.3) is 22.2 Å². The summed E-state index contributed by atoms with van der Waals surface area (Å²) in [5.41, 5.74) is 5.26. The first kappa shape index (κ1) is 13.8. The summed E-state index contributed by atoms with van der Waals surface area (Å²) in [6.07, 6.45) is 0. The Labute approximate surface area is 128 Å². The number of halogens is 1. The van der Waals surface area contributed by atoms with E-state index in [1.54, 1.807) is 6.07 Å². The van der Waals surface area contributed by atoms with Gasteiger partial charge in [-0.2, -0.15) is 0 Å². The third kappa shape index (κ3) is 2.55. The molecule has 0 spiro atoms. The number of fused-ring (bicyclic) bond motifs is 1. The molecule has 21 heavy (non-hydrogen) atoms. The highest BCUT2D eigenvalue weighted by atomic mass is 35.5. The maximum Gasteiger partial charge on any atom is 0.253 e. The van der Waals surface area contributed by atoms with Gasteiger partial charge < -0.3 is 0 Å². The molecule has 0 aliphatic carbocycles. The van der Waals surface area contributed by atoms with Gasteiger partial charge in [-0.25, -0.2) is 4.98 Å². The maximum atomic E-state index is 11.8. The van der Waals surface area contributed by atoms with E-state index < -0.39 is 5.24 Å². The lowest BCUT2D eigenvalue weighted by Crippen LogP contribution is -1.97. The molecule has 0 unspecified atom stereocenters. The highest BCUT2D eigenvalue weighted by molar-refractivity contribution is 6.68. The van der Waals surface area contributed by atoms with Gasteiger partial charge >= 0.3 is 0 Å². The van der Waals surface area contributed by atoms with Crippen molar-refractivity contribution in [1.82, 2.24) is 4.98 Å². The first-order valence-corrected chi connectivity index (χ1v) is 7.11. The molecule has 3 heteroatoms. The fourth-order valence-electron chi connectivity index (χ4n) is 2.50. The number of carbonyl (C=O) groups is 1. The zero-order valence-corrected chi connectivity index (χ0v) is 12.6. The van der Waals surface area contributed by atoms with Crippen LogP contribution in [0.5, 0.6) is 0 Å².